The number of aromatic nitrogens is 2. The van der Waals surface area contributed by atoms with E-state index in [2.05, 4.69) is 10.2 Å². The summed E-state index contributed by atoms with van der Waals surface area (Å²) >= 11 is 12.2. The van der Waals surface area contributed by atoms with Crippen molar-refractivity contribution in [2.24, 2.45) is 0 Å². The molecule has 1 fully saturated rings. The Morgan fingerprint density at radius 1 is 1.23 bits per heavy atom. The van der Waals surface area contributed by atoms with E-state index in [0.717, 1.165) is 18.7 Å². The Kier molecular flexibility index (Phi) is 5.84. The molecule has 0 aliphatic carbocycles. The Morgan fingerprint density at radius 3 is 2.73 bits per heavy atom. The van der Waals surface area contributed by atoms with Crippen LogP contribution in [0.3, 0.4) is 0 Å². The Morgan fingerprint density at radius 2 is 2.04 bits per heavy atom. The molecule has 3 rings (SSSR count). The van der Waals surface area contributed by atoms with Gasteiger partial charge in [-0.05, 0) is 37.1 Å². The summed E-state index contributed by atoms with van der Waals surface area (Å²) < 4.78 is 5.92. The minimum Gasteiger partial charge on any atom is -0.471 e. The van der Waals surface area contributed by atoms with Gasteiger partial charge in [-0.15, -0.1) is 10.2 Å². The van der Waals surface area contributed by atoms with Crippen LogP contribution < -0.4 is 9.64 Å². The van der Waals surface area contributed by atoms with Crippen molar-refractivity contribution in [2.75, 3.05) is 32.1 Å². The van der Waals surface area contributed by atoms with E-state index < -0.39 is 0 Å². The summed E-state index contributed by atoms with van der Waals surface area (Å²) in [6, 6.07) is 8.54. The van der Waals surface area contributed by atoms with Crippen LogP contribution in [0, 0.1) is 0 Å². The molecule has 6 nitrogen and oxygen atoms in total. The summed E-state index contributed by atoms with van der Waals surface area (Å²) in [6.07, 6.45) is 1.56. The molecular formula is C18H20Cl2N4O2. The second-order valence-electron chi connectivity index (χ2n) is 6.38. The van der Waals surface area contributed by atoms with E-state index in [-0.39, 0.29) is 12.0 Å². The number of ether oxygens (including phenoxy) is 1. The fourth-order valence-electron chi connectivity index (χ4n) is 2.84. The van der Waals surface area contributed by atoms with E-state index >= 15 is 0 Å². The van der Waals surface area contributed by atoms with Crippen LogP contribution >= 0.6 is 23.2 Å². The van der Waals surface area contributed by atoms with Crippen LogP contribution in [0.2, 0.25) is 10.0 Å². The van der Waals surface area contributed by atoms with Gasteiger partial charge in [-0.2, -0.15) is 0 Å². The number of likely N-dealkylation sites (tertiary alicyclic amines) is 1. The molecule has 1 aromatic heterocycles. The van der Waals surface area contributed by atoms with Crippen molar-refractivity contribution < 1.29 is 9.53 Å². The van der Waals surface area contributed by atoms with E-state index in [1.165, 1.54) is 0 Å². The number of carbonyl (C=O) groups is 1. The fourth-order valence-corrected chi connectivity index (χ4v) is 3.21. The van der Waals surface area contributed by atoms with Gasteiger partial charge in [0.1, 0.15) is 6.10 Å². The summed E-state index contributed by atoms with van der Waals surface area (Å²) in [6.45, 7) is 1.13. The maximum Gasteiger partial charge on any atom is 0.255 e. The first-order chi connectivity index (χ1) is 12.4. The minimum absolute atomic E-state index is 0.134. The predicted molar refractivity (Wildman–Crippen MR) is 102 cm³/mol. The van der Waals surface area contributed by atoms with E-state index in [1.54, 1.807) is 29.2 Å². The quantitative estimate of drug-likeness (QED) is 0.793. The van der Waals surface area contributed by atoms with Gasteiger partial charge >= 0.3 is 0 Å². The van der Waals surface area contributed by atoms with Gasteiger partial charge in [0.05, 0.1) is 17.1 Å². The third-order valence-electron chi connectivity index (χ3n) is 4.20. The molecule has 1 atom stereocenters. The fraction of sp³-hybridized carbons (Fsp3) is 0.389. The molecule has 138 valence electrons. The number of benzene rings is 1. The zero-order chi connectivity index (χ0) is 18.7. The van der Waals surface area contributed by atoms with Crippen molar-refractivity contribution in [3.63, 3.8) is 0 Å². The van der Waals surface area contributed by atoms with Gasteiger partial charge in [0.15, 0.2) is 5.82 Å². The van der Waals surface area contributed by atoms with Crippen LogP contribution in [0.4, 0.5) is 5.82 Å². The first kappa shape index (κ1) is 18.7. The van der Waals surface area contributed by atoms with Crippen LogP contribution in [0.5, 0.6) is 5.88 Å². The third kappa shape index (κ3) is 4.37. The lowest BCUT2D eigenvalue weighted by Crippen LogP contribution is -2.44. The highest BCUT2D eigenvalue weighted by Crippen LogP contribution is 2.24. The normalized spacial score (nSPS) is 17.1. The highest BCUT2D eigenvalue weighted by molar-refractivity contribution is 6.35. The van der Waals surface area contributed by atoms with Crippen molar-refractivity contribution >= 4 is 34.9 Å². The van der Waals surface area contributed by atoms with Crippen LogP contribution in [-0.4, -0.2) is 54.3 Å². The van der Waals surface area contributed by atoms with Crippen molar-refractivity contribution in [3.05, 3.63) is 45.9 Å². The molecule has 26 heavy (non-hydrogen) atoms. The number of piperidine rings is 1. The van der Waals surface area contributed by atoms with Gasteiger partial charge < -0.3 is 14.5 Å². The summed E-state index contributed by atoms with van der Waals surface area (Å²) in [5.41, 5.74) is 0.412. The first-order valence-electron chi connectivity index (χ1n) is 8.36. The molecule has 0 N–H and O–H groups in total. The van der Waals surface area contributed by atoms with Crippen molar-refractivity contribution in [3.8, 4) is 5.88 Å². The Balaban J connectivity index is 1.67. The number of nitrogens with zero attached hydrogens (tertiary/aromatic N) is 4. The molecule has 2 aromatic rings. The predicted octanol–water partition coefficient (Wildman–Crippen LogP) is 3.53. The summed E-state index contributed by atoms with van der Waals surface area (Å²) in [5.74, 6) is 1.07. The second kappa shape index (κ2) is 8.10. The molecule has 1 unspecified atom stereocenters. The number of hydrogen-bond acceptors (Lipinski definition) is 5. The van der Waals surface area contributed by atoms with Crippen molar-refractivity contribution in [1.82, 2.24) is 15.1 Å². The summed E-state index contributed by atoms with van der Waals surface area (Å²) in [7, 11) is 3.80. The van der Waals surface area contributed by atoms with Crippen LogP contribution in [-0.2, 0) is 0 Å². The summed E-state index contributed by atoms with van der Waals surface area (Å²) in [4.78, 5) is 16.4. The van der Waals surface area contributed by atoms with Gasteiger partial charge in [0.2, 0.25) is 5.88 Å². The van der Waals surface area contributed by atoms with Gasteiger partial charge in [0, 0.05) is 31.7 Å². The standard InChI is InChI=1S/C18H20Cl2N4O2/c1-23(2)16-7-8-17(22-21-16)26-13-4-3-9-24(11-13)18(25)14-10-12(19)5-6-15(14)20/h5-8,10,13H,3-4,9,11H2,1-2H3. The van der Waals surface area contributed by atoms with Gasteiger partial charge in [-0.1, -0.05) is 23.2 Å². The number of amides is 1. The van der Waals surface area contributed by atoms with E-state index in [9.17, 15) is 4.79 Å². The molecular weight excluding hydrogens is 375 g/mol. The Hall–Kier alpha value is -2.05. The molecule has 1 aromatic carbocycles. The highest BCUT2D eigenvalue weighted by Gasteiger charge is 2.27. The Labute approximate surface area is 162 Å². The number of anilines is 1. The lowest BCUT2D eigenvalue weighted by atomic mass is 10.1. The monoisotopic (exact) mass is 394 g/mol. The molecule has 0 bridgehead atoms. The summed E-state index contributed by atoms with van der Waals surface area (Å²) in [5, 5.41) is 9.08. The molecule has 1 saturated heterocycles. The minimum atomic E-state index is -0.139. The van der Waals surface area contributed by atoms with Crippen LogP contribution in [0.25, 0.3) is 0 Å². The number of halogens is 2. The highest BCUT2D eigenvalue weighted by atomic mass is 35.5. The number of hydrogen-bond donors (Lipinski definition) is 0. The zero-order valence-corrected chi connectivity index (χ0v) is 16.2. The molecule has 1 aliphatic heterocycles. The lowest BCUT2D eigenvalue weighted by Gasteiger charge is -2.32. The van der Waals surface area contributed by atoms with E-state index in [4.69, 9.17) is 27.9 Å². The molecule has 0 saturated carbocycles. The van der Waals surface area contributed by atoms with Crippen LogP contribution in [0.1, 0.15) is 23.2 Å². The largest absolute Gasteiger partial charge is 0.471 e. The van der Waals surface area contributed by atoms with Gasteiger partial charge in [-0.3, -0.25) is 4.79 Å². The second-order valence-corrected chi connectivity index (χ2v) is 7.23. The SMILES string of the molecule is CN(C)c1ccc(OC2CCCN(C(=O)c3cc(Cl)ccc3Cl)C2)nn1. The molecule has 1 aliphatic rings. The molecule has 0 radical (unpaired) electrons. The maximum atomic E-state index is 12.8. The topological polar surface area (TPSA) is 58.6 Å². The average molecular weight is 395 g/mol. The maximum absolute atomic E-state index is 12.8. The zero-order valence-electron chi connectivity index (χ0n) is 14.7. The van der Waals surface area contributed by atoms with Crippen molar-refractivity contribution in [2.45, 2.75) is 18.9 Å². The molecule has 2 heterocycles. The Bertz CT molecular complexity index is 783. The number of carbonyl (C=O) groups excluding carboxylic acids is 1. The molecule has 0 spiro atoms. The molecule has 1 amide bonds. The lowest BCUT2D eigenvalue weighted by molar-refractivity contribution is 0.0526. The van der Waals surface area contributed by atoms with Crippen LogP contribution in [0.15, 0.2) is 30.3 Å². The van der Waals surface area contributed by atoms with E-state index in [1.807, 2.05) is 25.1 Å². The smallest absolute Gasteiger partial charge is 0.255 e. The first-order valence-corrected chi connectivity index (χ1v) is 9.11. The van der Waals surface area contributed by atoms with Gasteiger partial charge in [-0.25, -0.2) is 0 Å². The third-order valence-corrected chi connectivity index (χ3v) is 4.76. The number of rotatable bonds is 4. The van der Waals surface area contributed by atoms with Crippen molar-refractivity contribution in [1.29, 1.82) is 0 Å². The molecule has 8 heteroatoms. The average Bonchev–Trinajstić information content (AvgIpc) is 2.64. The van der Waals surface area contributed by atoms with Gasteiger partial charge in [0.25, 0.3) is 5.91 Å². The van der Waals surface area contributed by atoms with E-state index in [0.29, 0.717) is 34.6 Å².